The Morgan fingerprint density at radius 2 is 1.04 bits per heavy atom. The summed E-state index contributed by atoms with van der Waals surface area (Å²) in [6, 6.07) is 11.2. The summed E-state index contributed by atoms with van der Waals surface area (Å²) in [6.07, 6.45) is 1.70. The molecule has 8 nitrogen and oxygen atoms in total. The van der Waals surface area contributed by atoms with Crippen LogP contribution in [0, 0.1) is 0 Å². The molecule has 0 atom stereocenters. The summed E-state index contributed by atoms with van der Waals surface area (Å²) in [5, 5.41) is 1.95. The first kappa shape index (κ1) is 22.9. The van der Waals surface area contributed by atoms with Gasteiger partial charge in [0.15, 0.2) is 0 Å². The molecule has 4 N–H and O–H groups in total. The highest BCUT2D eigenvalue weighted by atomic mass is 31.2. The highest BCUT2D eigenvalue weighted by molar-refractivity contribution is 7.52. The van der Waals surface area contributed by atoms with Crippen LogP contribution in [0.25, 0.3) is 10.8 Å². The molecule has 2 rings (SSSR count). The van der Waals surface area contributed by atoms with E-state index in [4.69, 9.17) is 29.0 Å². The summed E-state index contributed by atoms with van der Waals surface area (Å²) in [7, 11) is -7.87. The lowest BCUT2D eigenvalue weighted by Crippen LogP contribution is -2.00. The first-order chi connectivity index (χ1) is 13.1. The van der Waals surface area contributed by atoms with E-state index < -0.39 is 15.2 Å². The summed E-state index contributed by atoms with van der Waals surface area (Å²) in [5.41, 5.74) is 0. The Hall–Kier alpha value is -1.40. The standard InChI is InChI=1S/C18H26O8P2/c19-27(20,21)11-3-1-9-25-17-7-5-16-14-18(8-6-15(16)13-17)26-10-2-4-12-28(22,23)24/h5-8,13-14H,1-4,9-12H2,(H2,19,20,21)(H2,22,23,24). The monoisotopic (exact) mass is 432 g/mol. The predicted molar refractivity (Wildman–Crippen MR) is 107 cm³/mol. The molecule has 0 aliphatic heterocycles. The van der Waals surface area contributed by atoms with E-state index in [9.17, 15) is 9.13 Å². The summed E-state index contributed by atoms with van der Waals surface area (Å²) in [6.45, 7) is 0.780. The number of hydrogen-bond acceptors (Lipinski definition) is 4. The summed E-state index contributed by atoms with van der Waals surface area (Å²) in [4.78, 5) is 35.3. The van der Waals surface area contributed by atoms with Gasteiger partial charge in [-0.2, -0.15) is 0 Å². The van der Waals surface area contributed by atoms with Crippen molar-refractivity contribution in [1.29, 1.82) is 0 Å². The van der Waals surface area contributed by atoms with Gasteiger partial charge in [0.1, 0.15) is 11.5 Å². The number of fused-ring (bicyclic) bond motifs is 1. The Kier molecular flexibility index (Phi) is 8.50. The molecule has 0 aliphatic rings. The molecule has 0 saturated carbocycles. The van der Waals surface area contributed by atoms with Crippen LogP contribution in [0.2, 0.25) is 0 Å². The van der Waals surface area contributed by atoms with Gasteiger partial charge in [0.2, 0.25) is 0 Å². The number of unbranched alkanes of at least 4 members (excludes halogenated alkanes) is 2. The summed E-state index contributed by atoms with van der Waals surface area (Å²) in [5.74, 6) is 1.38. The molecule has 0 bridgehead atoms. The lowest BCUT2D eigenvalue weighted by atomic mass is 10.1. The van der Waals surface area contributed by atoms with Crippen molar-refractivity contribution in [2.45, 2.75) is 25.7 Å². The second-order valence-corrected chi connectivity index (χ2v) is 10.1. The quantitative estimate of drug-likeness (QED) is 0.296. The molecule has 0 aromatic heterocycles. The van der Waals surface area contributed by atoms with Gasteiger partial charge in [0.05, 0.1) is 13.2 Å². The van der Waals surface area contributed by atoms with Crippen molar-refractivity contribution in [3.8, 4) is 11.5 Å². The van der Waals surface area contributed by atoms with E-state index in [-0.39, 0.29) is 12.3 Å². The number of rotatable bonds is 12. The van der Waals surface area contributed by atoms with Gasteiger partial charge >= 0.3 is 15.2 Å². The molecular formula is C18H26O8P2. The van der Waals surface area contributed by atoms with Crippen LogP contribution >= 0.6 is 15.2 Å². The zero-order valence-electron chi connectivity index (χ0n) is 15.4. The molecule has 0 amide bonds. The zero-order valence-corrected chi connectivity index (χ0v) is 17.2. The molecule has 10 heteroatoms. The highest BCUT2D eigenvalue weighted by Crippen LogP contribution is 2.36. The largest absolute Gasteiger partial charge is 0.494 e. The normalized spacial score (nSPS) is 12.3. The maximum Gasteiger partial charge on any atom is 0.325 e. The Morgan fingerprint density at radius 3 is 1.39 bits per heavy atom. The van der Waals surface area contributed by atoms with Crippen LogP contribution in [-0.2, 0) is 9.13 Å². The molecule has 0 heterocycles. The lowest BCUT2D eigenvalue weighted by molar-refractivity contribution is 0.306. The molecular weight excluding hydrogens is 406 g/mol. The van der Waals surface area contributed by atoms with Crippen LogP contribution in [0.4, 0.5) is 0 Å². The molecule has 0 radical (unpaired) electrons. The van der Waals surface area contributed by atoms with E-state index in [1.165, 1.54) is 0 Å². The van der Waals surface area contributed by atoms with E-state index in [2.05, 4.69) is 0 Å². The molecule has 0 unspecified atom stereocenters. The van der Waals surface area contributed by atoms with Crippen molar-refractivity contribution >= 4 is 26.0 Å². The number of ether oxygens (including phenoxy) is 2. The van der Waals surface area contributed by atoms with Crippen LogP contribution < -0.4 is 9.47 Å². The zero-order chi connectivity index (χ0) is 20.6. The second kappa shape index (κ2) is 10.4. The molecule has 2 aromatic carbocycles. The summed E-state index contributed by atoms with van der Waals surface area (Å²) < 4.78 is 32.8. The lowest BCUT2D eigenvalue weighted by Gasteiger charge is -2.10. The van der Waals surface area contributed by atoms with Gasteiger partial charge in [-0.05, 0) is 60.7 Å². The van der Waals surface area contributed by atoms with Gasteiger partial charge in [-0.1, -0.05) is 12.1 Å². The number of hydrogen-bond donors (Lipinski definition) is 4. The third-order valence-electron chi connectivity index (χ3n) is 4.01. The first-order valence-corrected chi connectivity index (χ1v) is 12.6. The molecule has 0 saturated heterocycles. The van der Waals surface area contributed by atoms with E-state index in [0.29, 0.717) is 50.4 Å². The van der Waals surface area contributed by atoms with Crippen LogP contribution in [-0.4, -0.2) is 45.1 Å². The fourth-order valence-electron chi connectivity index (χ4n) is 2.60. The number of benzene rings is 2. The molecule has 0 fully saturated rings. The maximum absolute atomic E-state index is 10.8. The topological polar surface area (TPSA) is 134 Å². The molecule has 2 aromatic rings. The van der Waals surface area contributed by atoms with E-state index >= 15 is 0 Å². The van der Waals surface area contributed by atoms with E-state index in [1.807, 2.05) is 36.4 Å². The molecule has 28 heavy (non-hydrogen) atoms. The minimum atomic E-state index is -3.94. The van der Waals surface area contributed by atoms with Crippen LogP contribution in [0.15, 0.2) is 36.4 Å². The third kappa shape index (κ3) is 9.20. The fraction of sp³-hybridized carbons (Fsp3) is 0.444. The molecule has 0 aliphatic carbocycles. The molecule has 0 spiro atoms. The van der Waals surface area contributed by atoms with Crippen molar-refractivity contribution in [2.75, 3.05) is 25.5 Å². The van der Waals surface area contributed by atoms with Gasteiger partial charge in [-0.25, -0.2) is 0 Å². The minimum Gasteiger partial charge on any atom is -0.494 e. The molecule has 156 valence electrons. The average Bonchev–Trinajstić information content (AvgIpc) is 2.59. The maximum atomic E-state index is 10.8. The van der Waals surface area contributed by atoms with Crippen LogP contribution in [0.3, 0.4) is 0 Å². The van der Waals surface area contributed by atoms with Gasteiger partial charge in [0, 0.05) is 12.3 Å². The highest BCUT2D eigenvalue weighted by Gasteiger charge is 2.12. The predicted octanol–water partition coefficient (Wildman–Crippen LogP) is 3.51. The van der Waals surface area contributed by atoms with Gasteiger partial charge in [-0.15, -0.1) is 0 Å². The first-order valence-electron chi connectivity index (χ1n) is 9.01. The minimum absolute atomic E-state index is 0.129. The Labute approximate surface area is 163 Å². The Morgan fingerprint density at radius 1 is 0.643 bits per heavy atom. The summed E-state index contributed by atoms with van der Waals surface area (Å²) >= 11 is 0. The van der Waals surface area contributed by atoms with Crippen molar-refractivity contribution in [1.82, 2.24) is 0 Å². The smallest absolute Gasteiger partial charge is 0.325 e. The van der Waals surface area contributed by atoms with E-state index in [0.717, 1.165) is 10.8 Å². The van der Waals surface area contributed by atoms with Gasteiger partial charge in [-0.3, -0.25) is 9.13 Å². The van der Waals surface area contributed by atoms with Crippen molar-refractivity contribution in [3.05, 3.63) is 36.4 Å². The van der Waals surface area contributed by atoms with Crippen molar-refractivity contribution < 1.29 is 38.2 Å². The SMILES string of the molecule is O=P(O)(O)CCCCOc1ccc2cc(OCCCCP(=O)(O)O)ccc2c1. The van der Waals surface area contributed by atoms with Gasteiger partial charge in [0.25, 0.3) is 0 Å². The van der Waals surface area contributed by atoms with Crippen molar-refractivity contribution in [3.63, 3.8) is 0 Å². The average molecular weight is 432 g/mol. The van der Waals surface area contributed by atoms with Crippen molar-refractivity contribution in [2.24, 2.45) is 0 Å². The van der Waals surface area contributed by atoms with Gasteiger partial charge < -0.3 is 29.0 Å². The second-order valence-electron chi connectivity index (χ2n) is 6.56. The van der Waals surface area contributed by atoms with E-state index in [1.54, 1.807) is 0 Å². The van der Waals surface area contributed by atoms with Crippen LogP contribution in [0.1, 0.15) is 25.7 Å². The Bertz CT molecular complexity index is 787. The fourth-order valence-corrected chi connectivity index (χ4v) is 3.87. The Balaban J connectivity index is 1.79. The van der Waals surface area contributed by atoms with Crippen LogP contribution in [0.5, 0.6) is 11.5 Å². The third-order valence-corrected chi connectivity index (χ3v) is 5.81.